The summed E-state index contributed by atoms with van der Waals surface area (Å²) in [7, 11) is 0. The molecule has 1 heterocycles. The van der Waals surface area contributed by atoms with Gasteiger partial charge < -0.3 is 10.0 Å². The summed E-state index contributed by atoms with van der Waals surface area (Å²) >= 11 is 0. The number of hydrogen-bond acceptors (Lipinski definition) is 2. The molecule has 2 fully saturated rings. The average Bonchev–Trinajstić information content (AvgIpc) is 3.27. The SMILES string of the molecule is O=C(O)C1CCN(C(=O)[C@@H]2C[C@H]2c2ccc(F)cc2F)CC1. The van der Waals surface area contributed by atoms with Crippen LogP contribution in [0.3, 0.4) is 0 Å². The summed E-state index contributed by atoms with van der Waals surface area (Å²) in [6.07, 6.45) is 1.49. The molecule has 6 heteroatoms. The number of aliphatic carboxylic acids is 1. The number of hydrogen-bond donors (Lipinski definition) is 1. The molecule has 4 nitrogen and oxygen atoms in total. The summed E-state index contributed by atoms with van der Waals surface area (Å²) in [6, 6.07) is 3.45. The van der Waals surface area contributed by atoms with Crippen molar-refractivity contribution in [2.75, 3.05) is 13.1 Å². The van der Waals surface area contributed by atoms with Gasteiger partial charge >= 0.3 is 5.97 Å². The Hall–Kier alpha value is -1.98. The summed E-state index contributed by atoms with van der Waals surface area (Å²) in [5, 5.41) is 8.95. The number of carboxylic acids is 1. The van der Waals surface area contributed by atoms with Crippen LogP contribution in [0, 0.1) is 23.5 Å². The van der Waals surface area contributed by atoms with Gasteiger partial charge in [-0.05, 0) is 36.8 Å². The maximum Gasteiger partial charge on any atom is 0.306 e. The molecular weight excluding hydrogens is 292 g/mol. The molecule has 0 bridgehead atoms. The lowest BCUT2D eigenvalue weighted by molar-refractivity contribution is -0.146. The van der Waals surface area contributed by atoms with Crippen LogP contribution < -0.4 is 0 Å². The Balaban J connectivity index is 1.60. The second-order valence-electron chi connectivity index (χ2n) is 6.05. The highest BCUT2D eigenvalue weighted by molar-refractivity contribution is 5.83. The van der Waals surface area contributed by atoms with E-state index in [9.17, 15) is 18.4 Å². The quantitative estimate of drug-likeness (QED) is 0.932. The average molecular weight is 309 g/mol. The Bertz CT molecular complexity index is 611. The van der Waals surface area contributed by atoms with Crippen molar-refractivity contribution in [1.82, 2.24) is 4.90 Å². The number of carbonyl (C=O) groups excluding carboxylic acids is 1. The van der Waals surface area contributed by atoms with Crippen molar-refractivity contribution in [1.29, 1.82) is 0 Å². The van der Waals surface area contributed by atoms with Crippen molar-refractivity contribution in [2.45, 2.75) is 25.2 Å². The highest BCUT2D eigenvalue weighted by atomic mass is 19.1. The number of likely N-dealkylation sites (tertiary alicyclic amines) is 1. The lowest BCUT2D eigenvalue weighted by Crippen LogP contribution is -2.41. The van der Waals surface area contributed by atoms with E-state index in [0.717, 1.165) is 6.07 Å². The number of halogens is 2. The first-order valence-electron chi connectivity index (χ1n) is 7.44. The molecule has 1 saturated heterocycles. The van der Waals surface area contributed by atoms with Gasteiger partial charge in [0.05, 0.1) is 5.92 Å². The molecule has 1 saturated carbocycles. The molecule has 1 aliphatic heterocycles. The van der Waals surface area contributed by atoms with Crippen LogP contribution in [0.4, 0.5) is 8.78 Å². The number of piperidine rings is 1. The molecular formula is C16H17F2NO3. The van der Waals surface area contributed by atoms with E-state index in [4.69, 9.17) is 5.11 Å². The molecule has 2 atom stereocenters. The smallest absolute Gasteiger partial charge is 0.306 e. The van der Waals surface area contributed by atoms with Gasteiger partial charge in [-0.25, -0.2) is 8.78 Å². The van der Waals surface area contributed by atoms with Gasteiger partial charge in [0, 0.05) is 25.1 Å². The van der Waals surface area contributed by atoms with Crippen LogP contribution >= 0.6 is 0 Å². The Labute approximate surface area is 126 Å². The van der Waals surface area contributed by atoms with Crippen LogP contribution in [0.2, 0.25) is 0 Å². The highest BCUT2D eigenvalue weighted by Crippen LogP contribution is 2.49. The monoisotopic (exact) mass is 309 g/mol. The third-order valence-electron chi connectivity index (χ3n) is 4.63. The number of carboxylic acid groups (broad SMARTS) is 1. The highest BCUT2D eigenvalue weighted by Gasteiger charge is 2.47. The molecule has 1 aromatic carbocycles. The van der Waals surface area contributed by atoms with Crippen molar-refractivity contribution in [2.24, 2.45) is 11.8 Å². The van der Waals surface area contributed by atoms with Crippen LogP contribution in [0.15, 0.2) is 18.2 Å². The Morgan fingerprint density at radius 2 is 1.86 bits per heavy atom. The zero-order valence-corrected chi connectivity index (χ0v) is 12.0. The standard InChI is InChI=1S/C16H17F2NO3/c17-10-1-2-11(14(18)7-10)12-8-13(12)15(20)19-5-3-9(4-6-19)16(21)22/h1-2,7,9,12-13H,3-6,8H2,(H,21,22)/t12-,13+/m0/s1. The fourth-order valence-corrected chi connectivity index (χ4v) is 3.20. The first-order chi connectivity index (χ1) is 10.5. The Kier molecular flexibility index (Phi) is 3.85. The Morgan fingerprint density at radius 1 is 1.18 bits per heavy atom. The van der Waals surface area contributed by atoms with Crippen molar-refractivity contribution < 1.29 is 23.5 Å². The minimum Gasteiger partial charge on any atom is -0.481 e. The molecule has 1 N–H and O–H groups in total. The van der Waals surface area contributed by atoms with Crippen molar-refractivity contribution in [3.63, 3.8) is 0 Å². The molecule has 1 amide bonds. The number of carbonyl (C=O) groups is 2. The molecule has 0 aromatic heterocycles. The van der Waals surface area contributed by atoms with Crippen molar-refractivity contribution >= 4 is 11.9 Å². The van der Waals surface area contributed by atoms with Gasteiger partial charge in [-0.3, -0.25) is 9.59 Å². The number of rotatable bonds is 3. The van der Waals surface area contributed by atoms with Crippen LogP contribution in [-0.4, -0.2) is 35.0 Å². The molecule has 0 radical (unpaired) electrons. The van der Waals surface area contributed by atoms with Crippen molar-refractivity contribution in [3.05, 3.63) is 35.4 Å². The van der Waals surface area contributed by atoms with E-state index in [1.165, 1.54) is 12.1 Å². The minimum atomic E-state index is -0.815. The van der Waals surface area contributed by atoms with Gasteiger partial charge in [0.2, 0.25) is 5.91 Å². The molecule has 118 valence electrons. The zero-order valence-electron chi connectivity index (χ0n) is 12.0. The Morgan fingerprint density at radius 3 is 2.45 bits per heavy atom. The van der Waals surface area contributed by atoms with E-state index in [-0.39, 0.29) is 23.7 Å². The third kappa shape index (κ3) is 2.82. The number of benzene rings is 1. The summed E-state index contributed by atoms with van der Waals surface area (Å²) in [4.78, 5) is 25.0. The number of nitrogens with zero attached hydrogens (tertiary/aromatic N) is 1. The van der Waals surface area contributed by atoms with Gasteiger partial charge in [0.25, 0.3) is 0 Å². The molecule has 2 aliphatic rings. The maximum absolute atomic E-state index is 13.7. The molecule has 0 unspecified atom stereocenters. The van der Waals surface area contributed by atoms with E-state index in [2.05, 4.69) is 0 Å². The van der Waals surface area contributed by atoms with Gasteiger partial charge in [0.1, 0.15) is 11.6 Å². The van der Waals surface area contributed by atoms with E-state index in [0.29, 0.717) is 37.9 Å². The normalized spacial score (nSPS) is 25.1. The summed E-state index contributed by atoms with van der Waals surface area (Å²) < 4.78 is 26.6. The summed E-state index contributed by atoms with van der Waals surface area (Å²) in [6.45, 7) is 0.871. The fourth-order valence-electron chi connectivity index (χ4n) is 3.20. The van der Waals surface area contributed by atoms with Crippen molar-refractivity contribution in [3.8, 4) is 0 Å². The molecule has 3 rings (SSSR count). The zero-order chi connectivity index (χ0) is 15.9. The van der Waals surface area contributed by atoms with E-state index in [1.54, 1.807) is 4.90 Å². The number of amides is 1. The summed E-state index contributed by atoms with van der Waals surface area (Å²) in [5.74, 6) is -2.92. The minimum absolute atomic E-state index is 0.0439. The third-order valence-corrected chi connectivity index (χ3v) is 4.63. The van der Waals surface area contributed by atoms with Gasteiger partial charge in [-0.15, -0.1) is 0 Å². The molecule has 1 aliphatic carbocycles. The first-order valence-corrected chi connectivity index (χ1v) is 7.44. The predicted molar refractivity (Wildman–Crippen MR) is 74.1 cm³/mol. The van der Waals surface area contributed by atoms with Crippen LogP contribution in [0.5, 0.6) is 0 Å². The molecule has 0 spiro atoms. The van der Waals surface area contributed by atoms with Gasteiger partial charge in [0.15, 0.2) is 0 Å². The van der Waals surface area contributed by atoms with Gasteiger partial charge in [-0.1, -0.05) is 6.07 Å². The largest absolute Gasteiger partial charge is 0.481 e. The van der Waals surface area contributed by atoms with Crippen LogP contribution in [0.1, 0.15) is 30.7 Å². The maximum atomic E-state index is 13.7. The fraction of sp³-hybridized carbons (Fsp3) is 0.500. The van der Waals surface area contributed by atoms with Crippen LogP contribution in [-0.2, 0) is 9.59 Å². The topological polar surface area (TPSA) is 57.6 Å². The van der Waals surface area contributed by atoms with E-state index in [1.807, 2.05) is 0 Å². The predicted octanol–water partition coefficient (Wildman–Crippen LogP) is 2.39. The van der Waals surface area contributed by atoms with Crippen LogP contribution in [0.25, 0.3) is 0 Å². The van der Waals surface area contributed by atoms with E-state index < -0.39 is 17.6 Å². The molecule has 1 aromatic rings. The summed E-state index contributed by atoms with van der Waals surface area (Å²) in [5.41, 5.74) is 0.389. The second kappa shape index (κ2) is 5.66. The lowest BCUT2D eigenvalue weighted by atomic mass is 9.96. The first kappa shape index (κ1) is 14.9. The molecule has 22 heavy (non-hydrogen) atoms. The second-order valence-corrected chi connectivity index (χ2v) is 6.05. The van der Waals surface area contributed by atoms with E-state index >= 15 is 0 Å². The van der Waals surface area contributed by atoms with Gasteiger partial charge in [-0.2, -0.15) is 0 Å². The lowest BCUT2D eigenvalue weighted by Gasteiger charge is -2.30.